The Kier molecular flexibility index (Phi) is 2.00. The highest BCUT2D eigenvalue weighted by molar-refractivity contribution is 5.62. The van der Waals surface area contributed by atoms with Crippen LogP contribution in [0.5, 0.6) is 0 Å². The molecule has 1 aromatic rings. The van der Waals surface area contributed by atoms with Gasteiger partial charge in [-0.2, -0.15) is 0 Å². The fourth-order valence-corrected chi connectivity index (χ4v) is 2.24. The first-order valence-electron chi connectivity index (χ1n) is 4.74. The molecular formula is C11H16N2. The van der Waals surface area contributed by atoms with Crippen molar-refractivity contribution in [3.05, 3.63) is 29.3 Å². The maximum absolute atomic E-state index is 5.75. The molecule has 1 aliphatic rings. The molecule has 1 aliphatic heterocycles. The van der Waals surface area contributed by atoms with Crippen molar-refractivity contribution in [2.75, 3.05) is 25.0 Å². The summed E-state index contributed by atoms with van der Waals surface area (Å²) in [7, 11) is 2.13. The molecule has 0 amide bonds. The zero-order chi connectivity index (χ0) is 9.42. The molecule has 2 rings (SSSR count). The van der Waals surface area contributed by atoms with Gasteiger partial charge >= 0.3 is 0 Å². The third-order valence-corrected chi connectivity index (χ3v) is 2.90. The van der Waals surface area contributed by atoms with Crippen LogP contribution in [0.25, 0.3) is 0 Å². The second-order valence-corrected chi connectivity index (χ2v) is 3.82. The third-order valence-electron chi connectivity index (χ3n) is 2.90. The van der Waals surface area contributed by atoms with Crippen LogP contribution in [0.15, 0.2) is 18.2 Å². The maximum atomic E-state index is 5.75. The first kappa shape index (κ1) is 8.57. The number of fused-ring (bicyclic) bond motifs is 1. The van der Waals surface area contributed by atoms with E-state index >= 15 is 0 Å². The van der Waals surface area contributed by atoms with Gasteiger partial charge in [-0.05, 0) is 24.1 Å². The topological polar surface area (TPSA) is 29.3 Å². The number of benzene rings is 1. The Morgan fingerprint density at radius 2 is 2.31 bits per heavy atom. The van der Waals surface area contributed by atoms with Crippen molar-refractivity contribution < 1.29 is 0 Å². The summed E-state index contributed by atoms with van der Waals surface area (Å²) in [6.45, 7) is 3.99. The van der Waals surface area contributed by atoms with E-state index in [-0.39, 0.29) is 0 Å². The lowest BCUT2D eigenvalue weighted by molar-refractivity contribution is 0.727. The highest BCUT2D eigenvalue weighted by atomic mass is 15.1. The van der Waals surface area contributed by atoms with Gasteiger partial charge in [-0.3, -0.25) is 0 Å². The molecule has 2 heteroatoms. The number of anilines is 1. The molecular weight excluding hydrogens is 160 g/mol. The van der Waals surface area contributed by atoms with Gasteiger partial charge in [0.1, 0.15) is 0 Å². The van der Waals surface area contributed by atoms with Crippen LogP contribution >= 0.6 is 0 Å². The van der Waals surface area contributed by atoms with Gasteiger partial charge in [0.25, 0.3) is 0 Å². The molecule has 0 saturated carbocycles. The Morgan fingerprint density at radius 1 is 1.54 bits per heavy atom. The zero-order valence-electron chi connectivity index (χ0n) is 8.25. The maximum Gasteiger partial charge on any atom is 0.0403 e. The Hall–Kier alpha value is -1.02. The van der Waals surface area contributed by atoms with E-state index in [0.717, 1.165) is 13.1 Å². The van der Waals surface area contributed by atoms with E-state index in [0.29, 0.717) is 5.92 Å². The zero-order valence-corrected chi connectivity index (χ0v) is 8.25. The van der Waals surface area contributed by atoms with Crippen molar-refractivity contribution in [2.24, 2.45) is 5.73 Å². The second kappa shape index (κ2) is 3.04. The molecule has 0 spiro atoms. The van der Waals surface area contributed by atoms with Gasteiger partial charge in [-0.25, -0.2) is 0 Å². The summed E-state index contributed by atoms with van der Waals surface area (Å²) in [5, 5.41) is 0. The smallest absolute Gasteiger partial charge is 0.0403 e. The van der Waals surface area contributed by atoms with Gasteiger partial charge in [0.15, 0.2) is 0 Å². The van der Waals surface area contributed by atoms with E-state index in [4.69, 9.17) is 5.73 Å². The number of aryl methyl sites for hydroxylation is 1. The van der Waals surface area contributed by atoms with E-state index in [1.165, 1.54) is 16.8 Å². The highest BCUT2D eigenvalue weighted by Crippen LogP contribution is 2.36. The molecule has 0 saturated heterocycles. The lowest BCUT2D eigenvalue weighted by Crippen LogP contribution is -2.20. The first-order chi connectivity index (χ1) is 6.24. The fourth-order valence-electron chi connectivity index (χ4n) is 2.24. The molecule has 0 aliphatic carbocycles. The van der Waals surface area contributed by atoms with Gasteiger partial charge in [0.05, 0.1) is 0 Å². The summed E-state index contributed by atoms with van der Waals surface area (Å²) in [6.07, 6.45) is 0. The molecule has 2 N–H and O–H groups in total. The summed E-state index contributed by atoms with van der Waals surface area (Å²) in [4.78, 5) is 2.29. The van der Waals surface area contributed by atoms with Crippen LogP contribution in [0.1, 0.15) is 17.0 Å². The molecule has 0 bridgehead atoms. The van der Waals surface area contributed by atoms with Gasteiger partial charge in [-0.1, -0.05) is 12.1 Å². The van der Waals surface area contributed by atoms with E-state index in [2.05, 4.69) is 37.1 Å². The molecule has 1 unspecified atom stereocenters. The van der Waals surface area contributed by atoms with Gasteiger partial charge < -0.3 is 10.6 Å². The van der Waals surface area contributed by atoms with Crippen molar-refractivity contribution in [3.8, 4) is 0 Å². The number of nitrogens with zero attached hydrogens (tertiary/aromatic N) is 1. The molecule has 70 valence electrons. The van der Waals surface area contributed by atoms with Crippen LogP contribution in [0.2, 0.25) is 0 Å². The van der Waals surface area contributed by atoms with Crippen LogP contribution in [-0.4, -0.2) is 20.1 Å². The molecule has 0 aromatic heterocycles. The van der Waals surface area contributed by atoms with Crippen LogP contribution in [-0.2, 0) is 0 Å². The van der Waals surface area contributed by atoms with Crippen LogP contribution in [0.3, 0.4) is 0 Å². The molecule has 1 heterocycles. The van der Waals surface area contributed by atoms with Crippen LogP contribution in [0.4, 0.5) is 5.69 Å². The number of rotatable bonds is 1. The van der Waals surface area contributed by atoms with Crippen molar-refractivity contribution in [1.29, 1.82) is 0 Å². The fraction of sp³-hybridized carbons (Fsp3) is 0.455. The average Bonchev–Trinajstić information content (AvgIpc) is 2.45. The van der Waals surface area contributed by atoms with E-state index in [9.17, 15) is 0 Å². The molecule has 2 nitrogen and oxygen atoms in total. The number of hydrogen-bond donors (Lipinski definition) is 1. The Bertz CT molecular complexity index is 320. The molecule has 1 atom stereocenters. The summed E-state index contributed by atoms with van der Waals surface area (Å²) in [5.41, 5.74) is 9.93. The molecule has 13 heavy (non-hydrogen) atoms. The van der Waals surface area contributed by atoms with Crippen LogP contribution < -0.4 is 10.6 Å². The van der Waals surface area contributed by atoms with Crippen molar-refractivity contribution in [2.45, 2.75) is 12.8 Å². The standard InChI is InChI=1S/C11H16N2/c1-8-4-3-5-10-11(8)9(6-12)7-13(10)2/h3-5,9H,6-7,12H2,1-2H3. The molecule has 0 radical (unpaired) electrons. The average molecular weight is 176 g/mol. The predicted molar refractivity (Wildman–Crippen MR) is 56.2 cm³/mol. The number of hydrogen-bond acceptors (Lipinski definition) is 2. The molecule has 0 fully saturated rings. The monoisotopic (exact) mass is 176 g/mol. The minimum Gasteiger partial charge on any atom is -0.374 e. The van der Waals surface area contributed by atoms with Gasteiger partial charge in [-0.15, -0.1) is 0 Å². The highest BCUT2D eigenvalue weighted by Gasteiger charge is 2.26. The van der Waals surface area contributed by atoms with Crippen LogP contribution in [0, 0.1) is 6.92 Å². The summed E-state index contributed by atoms with van der Waals surface area (Å²) < 4.78 is 0. The number of likely N-dealkylation sites (N-methyl/N-ethyl adjacent to an activating group) is 1. The summed E-state index contributed by atoms with van der Waals surface area (Å²) in [6, 6.07) is 6.46. The Labute approximate surface area is 79.4 Å². The minimum atomic E-state index is 0.529. The molecule has 1 aromatic carbocycles. The van der Waals surface area contributed by atoms with Gasteiger partial charge in [0.2, 0.25) is 0 Å². The van der Waals surface area contributed by atoms with E-state index < -0.39 is 0 Å². The predicted octanol–water partition coefficient (Wildman–Crippen LogP) is 1.49. The van der Waals surface area contributed by atoms with Crippen molar-refractivity contribution in [1.82, 2.24) is 0 Å². The largest absolute Gasteiger partial charge is 0.374 e. The number of nitrogens with two attached hydrogens (primary N) is 1. The lowest BCUT2D eigenvalue weighted by atomic mass is 9.97. The summed E-state index contributed by atoms with van der Waals surface area (Å²) in [5.74, 6) is 0.529. The SMILES string of the molecule is Cc1cccc2c1C(CN)CN2C. The minimum absolute atomic E-state index is 0.529. The second-order valence-electron chi connectivity index (χ2n) is 3.82. The third kappa shape index (κ3) is 1.22. The Morgan fingerprint density at radius 3 is 3.00 bits per heavy atom. The van der Waals surface area contributed by atoms with Crippen molar-refractivity contribution in [3.63, 3.8) is 0 Å². The quantitative estimate of drug-likeness (QED) is 0.702. The normalized spacial score (nSPS) is 20.5. The summed E-state index contributed by atoms with van der Waals surface area (Å²) >= 11 is 0. The van der Waals surface area contributed by atoms with Crippen molar-refractivity contribution >= 4 is 5.69 Å². The first-order valence-corrected chi connectivity index (χ1v) is 4.74. The lowest BCUT2D eigenvalue weighted by Gasteiger charge is -2.11. The Balaban J connectivity index is 2.52. The van der Waals surface area contributed by atoms with E-state index in [1.807, 2.05) is 0 Å². The van der Waals surface area contributed by atoms with E-state index in [1.54, 1.807) is 0 Å². The van der Waals surface area contributed by atoms with Gasteiger partial charge in [0, 0.05) is 31.7 Å².